The second-order valence-electron chi connectivity index (χ2n) is 6.39. The van der Waals surface area contributed by atoms with Crippen LogP contribution in [0.25, 0.3) is 0 Å². The van der Waals surface area contributed by atoms with E-state index >= 15 is 0 Å². The van der Waals surface area contributed by atoms with Crippen LogP contribution in [-0.2, 0) is 0 Å². The van der Waals surface area contributed by atoms with Crippen molar-refractivity contribution in [1.29, 1.82) is 0 Å². The molecule has 0 aliphatic carbocycles. The standard InChI is InChI=1S/C21H20N4O2/c1-13-7-14(2)9-19(8-13)25-21-22-11-17(12-23-21)20(27)24-18-6-4-5-16(10-18)15(3)26/h4-12H,1-3H3,(H,24,27)(H,22,23,25). The maximum absolute atomic E-state index is 12.4. The Morgan fingerprint density at radius 3 is 2.15 bits per heavy atom. The van der Waals surface area contributed by atoms with Gasteiger partial charge < -0.3 is 10.6 Å². The number of rotatable bonds is 5. The number of Topliss-reactive ketones (excluding diaryl/α,β-unsaturated/α-hetero) is 1. The first-order chi connectivity index (χ1) is 12.9. The Balaban J connectivity index is 1.70. The van der Waals surface area contributed by atoms with Crippen LogP contribution >= 0.6 is 0 Å². The van der Waals surface area contributed by atoms with Crippen molar-refractivity contribution in [1.82, 2.24) is 9.97 Å². The van der Waals surface area contributed by atoms with E-state index in [1.807, 2.05) is 26.0 Å². The van der Waals surface area contributed by atoms with Crippen molar-refractivity contribution < 1.29 is 9.59 Å². The van der Waals surface area contributed by atoms with Gasteiger partial charge in [0.2, 0.25) is 5.95 Å². The van der Waals surface area contributed by atoms with Gasteiger partial charge in [-0.3, -0.25) is 9.59 Å². The van der Waals surface area contributed by atoms with E-state index in [2.05, 4.69) is 26.7 Å². The van der Waals surface area contributed by atoms with Crippen molar-refractivity contribution in [2.75, 3.05) is 10.6 Å². The van der Waals surface area contributed by atoms with Crippen LogP contribution < -0.4 is 10.6 Å². The molecule has 6 heteroatoms. The van der Waals surface area contributed by atoms with Gasteiger partial charge in [0.05, 0.1) is 5.56 Å². The van der Waals surface area contributed by atoms with Crippen LogP contribution in [0.15, 0.2) is 54.9 Å². The fourth-order valence-corrected chi connectivity index (χ4v) is 2.70. The van der Waals surface area contributed by atoms with Crippen molar-refractivity contribution >= 4 is 29.0 Å². The van der Waals surface area contributed by atoms with E-state index in [9.17, 15) is 9.59 Å². The van der Waals surface area contributed by atoms with Crippen LogP contribution in [-0.4, -0.2) is 21.7 Å². The first-order valence-electron chi connectivity index (χ1n) is 8.50. The van der Waals surface area contributed by atoms with Gasteiger partial charge in [-0.15, -0.1) is 0 Å². The Bertz CT molecular complexity index is 977. The number of amides is 1. The number of hydrogen-bond acceptors (Lipinski definition) is 5. The van der Waals surface area contributed by atoms with Gasteiger partial charge in [-0.25, -0.2) is 9.97 Å². The number of carbonyl (C=O) groups excluding carboxylic acids is 2. The first-order valence-corrected chi connectivity index (χ1v) is 8.50. The average molecular weight is 360 g/mol. The summed E-state index contributed by atoms with van der Waals surface area (Å²) >= 11 is 0. The number of nitrogens with zero attached hydrogens (tertiary/aromatic N) is 2. The highest BCUT2D eigenvalue weighted by Crippen LogP contribution is 2.17. The number of hydrogen-bond donors (Lipinski definition) is 2. The summed E-state index contributed by atoms with van der Waals surface area (Å²) < 4.78 is 0. The number of benzene rings is 2. The summed E-state index contributed by atoms with van der Waals surface area (Å²) in [7, 11) is 0. The molecule has 1 heterocycles. The summed E-state index contributed by atoms with van der Waals surface area (Å²) in [6, 6.07) is 12.9. The molecule has 136 valence electrons. The molecule has 0 saturated heterocycles. The molecule has 0 bridgehead atoms. The highest BCUT2D eigenvalue weighted by molar-refractivity contribution is 6.04. The lowest BCUT2D eigenvalue weighted by molar-refractivity contribution is 0.101. The van der Waals surface area contributed by atoms with Crippen molar-refractivity contribution in [3.8, 4) is 0 Å². The third-order valence-corrected chi connectivity index (χ3v) is 3.92. The van der Waals surface area contributed by atoms with Crippen LogP contribution in [0.1, 0.15) is 38.8 Å². The molecule has 0 saturated carbocycles. The summed E-state index contributed by atoms with van der Waals surface area (Å²) in [6.07, 6.45) is 2.92. The minimum Gasteiger partial charge on any atom is -0.324 e. The van der Waals surface area contributed by atoms with E-state index in [4.69, 9.17) is 0 Å². The monoisotopic (exact) mass is 360 g/mol. The summed E-state index contributed by atoms with van der Waals surface area (Å²) in [5.41, 5.74) is 4.59. The number of anilines is 3. The SMILES string of the molecule is CC(=O)c1cccc(NC(=O)c2cnc(Nc3cc(C)cc(C)c3)nc2)c1. The van der Waals surface area contributed by atoms with Crippen LogP contribution in [0, 0.1) is 13.8 Å². The lowest BCUT2D eigenvalue weighted by atomic mass is 10.1. The first kappa shape index (κ1) is 18.3. The quantitative estimate of drug-likeness (QED) is 0.663. The van der Waals surface area contributed by atoms with Crippen molar-refractivity contribution in [3.63, 3.8) is 0 Å². The highest BCUT2D eigenvalue weighted by Gasteiger charge is 2.09. The smallest absolute Gasteiger partial charge is 0.258 e. The normalized spacial score (nSPS) is 10.3. The molecule has 0 aliphatic heterocycles. The molecule has 27 heavy (non-hydrogen) atoms. The van der Waals surface area contributed by atoms with Gasteiger partial charge in [-0.1, -0.05) is 18.2 Å². The lowest BCUT2D eigenvalue weighted by Crippen LogP contribution is -2.13. The number of aromatic nitrogens is 2. The van der Waals surface area contributed by atoms with Crippen molar-refractivity contribution in [2.24, 2.45) is 0 Å². The van der Waals surface area contributed by atoms with Crippen molar-refractivity contribution in [2.45, 2.75) is 20.8 Å². The van der Waals surface area contributed by atoms with E-state index in [-0.39, 0.29) is 11.7 Å². The Labute approximate surface area is 157 Å². The van der Waals surface area contributed by atoms with Gasteiger partial charge in [0.25, 0.3) is 5.91 Å². The number of nitrogens with one attached hydrogen (secondary N) is 2. The molecular weight excluding hydrogens is 340 g/mol. The van der Waals surface area contributed by atoms with Crippen molar-refractivity contribution in [3.05, 3.63) is 77.1 Å². The predicted molar refractivity (Wildman–Crippen MR) is 106 cm³/mol. The molecule has 6 nitrogen and oxygen atoms in total. The molecule has 0 aliphatic rings. The Hall–Kier alpha value is -3.54. The number of aryl methyl sites for hydroxylation is 2. The van der Waals surface area contributed by atoms with Gasteiger partial charge in [-0.05, 0) is 56.2 Å². The molecule has 3 aromatic rings. The average Bonchev–Trinajstić information content (AvgIpc) is 2.61. The van der Waals surface area contributed by atoms with E-state index < -0.39 is 0 Å². The van der Waals surface area contributed by atoms with E-state index in [1.54, 1.807) is 24.3 Å². The van der Waals surface area contributed by atoms with Crippen LogP contribution in [0.5, 0.6) is 0 Å². The Morgan fingerprint density at radius 1 is 0.852 bits per heavy atom. The molecule has 0 unspecified atom stereocenters. The summed E-state index contributed by atoms with van der Waals surface area (Å²) in [5.74, 6) is 0.0139. The molecule has 2 N–H and O–H groups in total. The van der Waals surface area contributed by atoms with Gasteiger partial charge in [0, 0.05) is 29.3 Å². The molecule has 2 aromatic carbocycles. The third kappa shape index (κ3) is 4.76. The van der Waals surface area contributed by atoms with E-state index in [1.165, 1.54) is 19.3 Å². The summed E-state index contributed by atoms with van der Waals surface area (Å²) in [5, 5.41) is 5.88. The summed E-state index contributed by atoms with van der Waals surface area (Å²) in [6.45, 7) is 5.53. The minimum atomic E-state index is -0.339. The molecule has 1 amide bonds. The molecule has 0 radical (unpaired) electrons. The highest BCUT2D eigenvalue weighted by atomic mass is 16.1. The predicted octanol–water partition coefficient (Wildman–Crippen LogP) is 4.29. The molecule has 0 atom stereocenters. The lowest BCUT2D eigenvalue weighted by Gasteiger charge is -2.08. The zero-order valence-corrected chi connectivity index (χ0v) is 15.4. The second-order valence-corrected chi connectivity index (χ2v) is 6.39. The largest absolute Gasteiger partial charge is 0.324 e. The van der Waals surface area contributed by atoms with E-state index in [0.717, 1.165) is 16.8 Å². The van der Waals surface area contributed by atoms with Gasteiger partial charge in [0.1, 0.15) is 0 Å². The second kappa shape index (κ2) is 7.78. The van der Waals surface area contributed by atoms with Crippen LogP contribution in [0.3, 0.4) is 0 Å². The fraction of sp³-hybridized carbons (Fsp3) is 0.143. The Kier molecular flexibility index (Phi) is 5.26. The molecule has 0 fully saturated rings. The molecule has 0 spiro atoms. The number of carbonyl (C=O) groups is 2. The molecular formula is C21H20N4O2. The maximum Gasteiger partial charge on any atom is 0.258 e. The Morgan fingerprint density at radius 2 is 1.52 bits per heavy atom. The molecule has 1 aromatic heterocycles. The van der Waals surface area contributed by atoms with Gasteiger partial charge in [-0.2, -0.15) is 0 Å². The maximum atomic E-state index is 12.4. The van der Waals surface area contributed by atoms with Gasteiger partial charge in [0.15, 0.2) is 5.78 Å². The number of ketones is 1. The zero-order valence-electron chi connectivity index (χ0n) is 15.4. The van der Waals surface area contributed by atoms with Crippen LogP contribution in [0.4, 0.5) is 17.3 Å². The molecule has 3 rings (SSSR count). The third-order valence-electron chi connectivity index (χ3n) is 3.92. The van der Waals surface area contributed by atoms with Crippen LogP contribution in [0.2, 0.25) is 0 Å². The van der Waals surface area contributed by atoms with E-state index in [0.29, 0.717) is 22.8 Å². The fourth-order valence-electron chi connectivity index (χ4n) is 2.70. The van der Waals surface area contributed by atoms with Gasteiger partial charge >= 0.3 is 0 Å². The summed E-state index contributed by atoms with van der Waals surface area (Å²) in [4.78, 5) is 32.2. The minimum absolute atomic E-state index is 0.0590. The topological polar surface area (TPSA) is 84.0 Å². The zero-order chi connectivity index (χ0) is 19.4.